The van der Waals surface area contributed by atoms with Gasteiger partial charge < -0.3 is 20.5 Å². The van der Waals surface area contributed by atoms with E-state index < -0.39 is 18.0 Å². The monoisotopic (exact) mass is 296 g/mol. The van der Waals surface area contributed by atoms with E-state index in [4.69, 9.17) is 9.84 Å². The lowest BCUT2D eigenvalue weighted by Gasteiger charge is -2.13. The van der Waals surface area contributed by atoms with Gasteiger partial charge in [-0.25, -0.2) is 9.59 Å². The number of aryl methyl sites for hydroxylation is 1. The number of amides is 2. The van der Waals surface area contributed by atoms with Crippen LogP contribution in [0.4, 0.5) is 4.79 Å². The molecule has 116 valence electrons. The number of hydrogen-bond donors (Lipinski definition) is 3. The van der Waals surface area contributed by atoms with Gasteiger partial charge in [0.05, 0.1) is 12.8 Å². The zero-order valence-electron chi connectivity index (χ0n) is 11.9. The highest BCUT2D eigenvalue weighted by Gasteiger charge is 2.23. The molecule has 0 aliphatic heterocycles. The number of carbonyl (C=O) groups excluding carboxylic acids is 1. The highest BCUT2D eigenvalue weighted by atomic mass is 16.5. The van der Waals surface area contributed by atoms with E-state index in [1.54, 1.807) is 13.2 Å². The Morgan fingerprint density at radius 1 is 1.57 bits per heavy atom. The molecule has 0 saturated heterocycles. The molecule has 21 heavy (non-hydrogen) atoms. The normalized spacial score (nSPS) is 15.5. The van der Waals surface area contributed by atoms with Crippen LogP contribution in [-0.2, 0) is 16.6 Å². The average molecular weight is 296 g/mol. The molecular weight excluding hydrogens is 276 g/mol. The number of ether oxygens (including phenoxy) is 1. The largest absolute Gasteiger partial charge is 0.479 e. The summed E-state index contributed by atoms with van der Waals surface area (Å²) in [6.07, 6.45) is 5.41. The fourth-order valence-electron chi connectivity index (χ4n) is 1.83. The molecule has 1 saturated carbocycles. The van der Waals surface area contributed by atoms with Crippen LogP contribution >= 0.6 is 0 Å². The predicted octanol–water partition coefficient (Wildman–Crippen LogP) is 0.272. The molecule has 0 spiro atoms. The SMILES string of the molecule is Cn1cc(C(NC(=O)NCCOCC2CC2)C(=O)O)cn1. The van der Waals surface area contributed by atoms with E-state index in [-0.39, 0.29) is 0 Å². The Bertz CT molecular complexity index is 498. The molecule has 1 unspecified atom stereocenters. The second kappa shape index (κ2) is 7.07. The van der Waals surface area contributed by atoms with Gasteiger partial charge >= 0.3 is 12.0 Å². The first-order valence-corrected chi connectivity index (χ1v) is 6.89. The van der Waals surface area contributed by atoms with Crippen molar-refractivity contribution < 1.29 is 19.4 Å². The minimum atomic E-state index is -1.14. The molecule has 0 aromatic carbocycles. The number of hydrogen-bond acceptors (Lipinski definition) is 4. The van der Waals surface area contributed by atoms with Crippen molar-refractivity contribution in [2.24, 2.45) is 13.0 Å². The lowest BCUT2D eigenvalue weighted by molar-refractivity contribution is -0.139. The number of nitrogens with one attached hydrogen (secondary N) is 2. The molecule has 1 aliphatic carbocycles. The fraction of sp³-hybridized carbons (Fsp3) is 0.615. The maximum atomic E-state index is 11.7. The van der Waals surface area contributed by atoms with Gasteiger partial charge in [0.1, 0.15) is 0 Å². The molecule has 1 aromatic rings. The molecule has 0 radical (unpaired) electrons. The van der Waals surface area contributed by atoms with Gasteiger partial charge in [-0.05, 0) is 18.8 Å². The third-order valence-corrected chi connectivity index (χ3v) is 3.16. The standard InChI is InChI=1S/C13H20N4O4/c1-17-7-10(6-15-17)11(12(18)19)16-13(20)14-4-5-21-8-9-2-3-9/h6-7,9,11H,2-5,8H2,1H3,(H,18,19)(H2,14,16,20). The van der Waals surface area contributed by atoms with Crippen LogP contribution in [0, 0.1) is 5.92 Å². The number of aliphatic carboxylic acids is 1. The number of carboxylic acid groups (broad SMARTS) is 1. The Kier molecular flexibility index (Phi) is 5.15. The third kappa shape index (κ3) is 5.07. The Morgan fingerprint density at radius 3 is 2.90 bits per heavy atom. The second-order valence-electron chi connectivity index (χ2n) is 5.14. The van der Waals surface area contributed by atoms with Gasteiger partial charge in [-0.3, -0.25) is 4.68 Å². The highest BCUT2D eigenvalue weighted by Crippen LogP contribution is 2.28. The summed E-state index contributed by atoms with van der Waals surface area (Å²) >= 11 is 0. The van der Waals surface area contributed by atoms with E-state index in [0.29, 0.717) is 24.6 Å². The molecule has 3 N–H and O–H groups in total. The molecule has 8 nitrogen and oxygen atoms in total. The molecular formula is C13H20N4O4. The van der Waals surface area contributed by atoms with E-state index in [2.05, 4.69) is 15.7 Å². The van der Waals surface area contributed by atoms with Gasteiger partial charge in [-0.2, -0.15) is 5.10 Å². The van der Waals surface area contributed by atoms with Crippen LogP contribution in [0.1, 0.15) is 24.4 Å². The molecule has 8 heteroatoms. The first kappa shape index (κ1) is 15.3. The summed E-state index contributed by atoms with van der Waals surface area (Å²) in [6.45, 7) is 1.50. The molecule has 1 heterocycles. The Labute approximate surface area is 122 Å². The van der Waals surface area contributed by atoms with Crippen LogP contribution in [-0.4, -0.2) is 46.6 Å². The summed E-state index contributed by atoms with van der Waals surface area (Å²) < 4.78 is 6.86. The maximum absolute atomic E-state index is 11.7. The summed E-state index contributed by atoms with van der Waals surface area (Å²) in [5.41, 5.74) is 0.421. The minimum Gasteiger partial charge on any atom is -0.479 e. The van der Waals surface area contributed by atoms with Crippen molar-refractivity contribution in [3.05, 3.63) is 18.0 Å². The van der Waals surface area contributed by atoms with Gasteiger partial charge in [0.2, 0.25) is 0 Å². The van der Waals surface area contributed by atoms with Crippen molar-refractivity contribution in [3.8, 4) is 0 Å². The van der Waals surface area contributed by atoms with E-state index in [9.17, 15) is 9.59 Å². The van der Waals surface area contributed by atoms with Crippen molar-refractivity contribution >= 4 is 12.0 Å². The summed E-state index contributed by atoms with van der Waals surface area (Å²) in [6, 6.07) is -1.66. The zero-order chi connectivity index (χ0) is 15.2. The van der Waals surface area contributed by atoms with Crippen molar-refractivity contribution in [2.45, 2.75) is 18.9 Å². The van der Waals surface area contributed by atoms with Gasteiger partial charge in [0, 0.05) is 32.0 Å². The number of rotatable bonds is 8. The molecule has 1 aromatic heterocycles. The Balaban J connectivity index is 1.71. The lowest BCUT2D eigenvalue weighted by Crippen LogP contribution is -2.42. The smallest absolute Gasteiger partial charge is 0.331 e. The first-order valence-electron chi connectivity index (χ1n) is 6.89. The van der Waals surface area contributed by atoms with Crippen molar-refractivity contribution in [3.63, 3.8) is 0 Å². The van der Waals surface area contributed by atoms with Crippen LogP contribution in [0.25, 0.3) is 0 Å². The molecule has 2 rings (SSSR count). The number of aromatic nitrogens is 2. The van der Waals surface area contributed by atoms with E-state index >= 15 is 0 Å². The number of nitrogens with zero attached hydrogens (tertiary/aromatic N) is 2. The summed E-state index contributed by atoms with van der Waals surface area (Å²) in [7, 11) is 1.68. The van der Waals surface area contributed by atoms with Crippen molar-refractivity contribution in [1.29, 1.82) is 0 Å². The van der Waals surface area contributed by atoms with Crippen molar-refractivity contribution in [2.75, 3.05) is 19.8 Å². The summed E-state index contributed by atoms with van der Waals surface area (Å²) in [4.78, 5) is 22.9. The van der Waals surface area contributed by atoms with E-state index in [0.717, 1.165) is 6.61 Å². The van der Waals surface area contributed by atoms with Crippen LogP contribution < -0.4 is 10.6 Å². The highest BCUT2D eigenvalue weighted by molar-refractivity contribution is 5.83. The third-order valence-electron chi connectivity index (χ3n) is 3.16. The average Bonchev–Trinajstić information content (AvgIpc) is 3.16. The van der Waals surface area contributed by atoms with Crippen LogP contribution in [0.15, 0.2) is 12.4 Å². The topological polar surface area (TPSA) is 105 Å². The predicted molar refractivity (Wildman–Crippen MR) is 73.7 cm³/mol. The van der Waals surface area contributed by atoms with Gasteiger partial charge in [-0.1, -0.05) is 0 Å². The fourth-order valence-corrected chi connectivity index (χ4v) is 1.83. The number of carboxylic acids is 1. The Hall–Kier alpha value is -2.09. The van der Waals surface area contributed by atoms with Gasteiger partial charge in [-0.15, -0.1) is 0 Å². The van der Waals surface area contributed by atoms with E-state index in [1.807, 2.05) is 0 Å². The molecule has 1 aliphatic rings. The molecule has 2 amide bonds. The number of urea groups is 1. The molecule has 1 atom stereocenters. The van der Waals surface area contributed by atoms with E-state index in [1.165, 1.54) is 23.7 Å². The van der Waals surface area contributed by atoms with Gasteiger partial charge in [0.25, 0.3) is 0 Å². The second-order valence-corrected chi connectivity index (χ2v) is 5.14. The molecule has 0 bridgehead atoms. The lowest BCUT2D eigenvalue weighted by atomic mass is 10.1. The Morgan fingerprint density at radius 2 is 2.33 bits per heavy atom. The van der Waals surface area contributed by atoms with Crippen LogP contribution in [0.5, 0.6) is 0 Å². The maximum Gasteiger partial charge on any atom is 0.331 e. The quantitative estimate of drug-likeness (QED) is 0.597. The number of carbonyl (C=O) groups is 2. The van der Waals surface area contributed by atoms with Crippen LogP contribution in [0.3, 0.4) is 0 Å². The zero-order valence-corrected chi connectivity index (χ0v) is 11.9. The van der Waals surface area contributed by atoms with Crippen molar-refractivity contribution in [1.82, 2.24) is 20.4 Å². The van der Waals surface area contributed by atoms with Crippen LogP contribution in [0.2, 0.25) is 0 Å². The minimum absolute atomic E-state index is 0.345. The van der Waals surface area contributed by atoms with Gasteiger partial charge in [0.15, 0.2) is 6.04 Å². The molecule has 1 fully saturated rings. The summed E-state index contributed by atoms with van der Waals surface area (Å²) in [5.74, 6) is -0.455. The first-order chi connectivity index (χ1) is 10.1. The summed E-state index contributed by atoms with van der Waals surface area (Å²) in [5, 5.41) is 18.0.